The van der Waals surface area contributed by atoms with Crippen LogP contribution in [0.25, 0.3) is 5.69 Å². The molecule has 2 saturated heterocycles. The van der Waals surface area contributed by atoms with Crippen molar-refractivity contribution in [3.8, 4) is 5.69 Å². The van der Waals surface area contributed by atoms with Crippen molar-refractivity contribution in [2.75, 3.05) is 13.1 Å². The third-order valence-corrected chi connectivity index (χ3v) is 5.42. The number of halogens is 2. The number of nitrogens with zero attached hydrogens (tertiary/aromatic N) is 4. The Labute approximate surface area is 149 Å². The van der Waals surface area contributed by atoms with Gasteiger partial charge in [-0.2, -0.15) is 0 Å². The fourth-order valence-corrected chi connectivity index (χ4v) is 4.00. The first kappa shape index (κ1) is 16.5. The highest BCUT2D eigenvalue weighted by atomic mass is 35.5. The Morgan fingerprint density at radius 2 is 2.12 bits per heavy atom. The Morgan fingerprint density at radius 3 is 2.92 bits per heavy atom. The first-order valence-electron chi connectivity index (χ1n) is 8.47. The van der Waals surface area contributed by atoms with Gasteiger partial charge in [-0.1, -0.05) is 16.8 Å². The second-order valence-electron chi connectivity index (χ2n) is 6.62. The molecular formula is C17H19ClFN5O. The molecule has 0 spiro atoms. The van der Waals surface area contributed by atoms with E-state index >= 15 is 0 Å². The smallest absolute Gasteiger partial charge is 0.276 e. The van der Waals surface area contributed by atoms with E-state index < -0.39 is 5.82 Å². The van der Waals surface area contributed by atoms with Crippen LogP contribution in [0.1, 0.15) is 35.4 Å². The first-order valence-corrected chi connectivity index (χ1v) is 8.85. The molecule has 1 aromatic heterocycles. The number of benzene rings is 1. The summed E-state index contributed by atoms with van der Waals surface area (Å²) in [6, 6.07) is 4.80. The SMILES string of the molecule is Cc1c(C(=O)N2C3CCNCC2CC3)nnn1-c1ccc(F)c(Cl)c1. The van der Waals surface area contributed by atoms with Crippen LogP contribution in [0.4, 0.5) is 4.39 Å². The van der Waals surface area contributed by atoms with Crippen LogP contribution >= 0.6 is 11.6 Å². The summed E-state index contributed by atoms with van der Waals surface area (Å²) in [6.45, 7) is 3.55. The van der Waals surface area contributed by atoms with Gasteiger partial charge < -0.3 is 10.2 Å². The van der Waals surface area contributed by atoms with Gasteiger partial charge in [-0.05, 0) is 50.9 Å². The van der Waals surface area contributed by atoms with Crippen LogP contribution in [0.2, 0.25) is 5.02 Å². The summed E-state index contributed by atoms with van der Waals surface area (Å²) in [5.74, 6) is -0.568. The van der Waals surface area contributed by atoms with Crippen LogP contribution in [-0.4, -0.2) is 51.0 Å². The molecule has 2 aromatic rings. The van der Waals surface area contributed by atoms with Gasteiger partial charge in [0.05, 0.1) is 16.4 Å². The molecule has 0 saturated carbocycles. The fourth-order valence-electron chi connectivity index (χ4n) is 3.83. The van der Waals surface area contributed by atoms with Gasteiger partial charge in [-0.15, -0.1) is 5.10 Å². The molecule has 132 valence electrons. The van der Waals surface area contributed by atoms with E-state index in [0.29, 0.717) is 17.1 Å². The van der Waals surface area contributed by atoms with E-state index in [1.54, 1.807) is 13.0 Å². The van der Waals surface area contributed by atoms with Crippen LogP contribution in [0.5, 0.6) is 0 Å². The van der Waals surface area contributed by atoms with E-state index in [-0.39, 0.29) is 23.0 Å². The Hall–Kier alpha value is -1.99. The molecule has 1 N–H and O–H groups in total. The second-order valence-corrected chi connectivity index (χ2v) is 7.03. The second kappa shape index (κ2) is 6.38. The minimum Gasteiger partial charge on any atom is -0.330 e. The summed E-state index contributed by atoms with van der Waals surface area (Å²) in [5.41, 5.74) is 1.56. The predicted octanol–water partition coefficient (Wildman–Crippen LogP) is 2.33. The average Bonchev–Trinajstić information content (AvgIpc) is 3.08. The lowest BCUT2D eigenvalue weighted by atomic mass is 10.1. The van der Waals surface area contributed by atoms with Crippen LogP contribution in [0, 0.1) is 12.7 Å². The number of nitrogens with one attached hydrogen (secondary N) is 1. The summed E-state index contributed by atoms with van der Waals surface area (Å²) in [6.07, 6.45) is 3.02. The zero-order valence-electron chi connectivity index (χ0n) is 13.9. The molecule has 0 radical (unpaired) electrons. The van der Waals surface area contributed by atoms with E-state index in [1.165, 1.54) is 16.8 Å². The van der Waals surface area contributed by atoms with Crippen molar-refractivity contribution in [1.82, 2.24) is 25.2 Å². The molecule has 2 atom stereocenters. The molecule has 6 nitrogen and oxygen atoms in total. The molecule has 3 heterocycles. The predicted molar refractivity (Wildman–Crippen MR) is 91.5 cm³/mol. The maximum Gasteiger partial charge on any atom is 0.276 e. The molecule has 25 heavy (non-hydrogen) atoms. The highest BCUT2D eigenvalue weighted by molar-refractivity contribution is 6.30. The van der Waals surface area contributed by atoms with E-state index in [2.05, 4.69) is 15.6 Å². The van der Waals surface area contributed by atoms with Gasteiger partial charge in [0, 0.05) is 18.6 Å². The maximum absolute atomic E-state index is 13.4. The summed E-state index contributed by atoms with van der Waals surface area (Å²) in [5, 5.41) is 11.6. The van der Waals surface area contributed by atoms with Gasteiger partial charge in [0.15, 0.2) is 5.69 Å². The molecule has 2 unspecified atom stereocenters. The molecule has 1 aromatic carbocycles. The number of rotatable bonds is 2. The van der Waals surface area contributed by atoms with Crippen LogP contribution in [-0.2, 0) is 0 Å². The third kappa shape index (κ3) is 2.81. The molecule has 2 fully saturated rings. The van der Waals surface area contributed by atoms with E-state index in [9.17, 15) is 9.18 Å². The molecule has 1 amide bonds. The van der Waals surface area contributed by atoms with Gasteiger partial charge in [-0.3, -0.25) is 4.79 Å². The molecule has 2 bridgehead atoms. The van der Waals surface area contributed by atoms with E-state index in [1.807, 2.05) is 4.90 Å². The quantitative estimate of drug-likeness (QED) is 0.889. The molecule has 4 rings (SSSR count). The number of hydrogen-bond donors (Lipinski definition) is 1. The number of carbonyl (C=O) groups excluding carboxylic acids is 1. The zero-order valence-corrected chi connectivity index (χ0v) is 14.6. The van der Waals surface area contributed by atoms with Crippen LogP contribution in [0.15, 0.2) is 18.2 Å². The van der Waals surface area contributed by atoms with Crippen molar-refractivity contribution in [3.63, 3.8) is 0 Å². The monoisotopic (exact) mass is 363 g/mol. The standard InChI is InChI=1S/C17H19ClFN5O/c1-10-16(17(25)23-11-2-3-13(23)9-20-7-6-11)21-22-24(10)12-4-5-15(19)14(18)8-12/h4-5,8,11,13,20H,2-3,6-7,9H2,1H3. The van der Waals surface area contributed by atoms with Gasteiger partial charge in [0.2, 0.25) is 0 Å². The Morgan fingerprint density at radius 1 is 1.32 bits per heavy atom. The topological polar surface area (TPSA) is 63.1 Å². The molecule has 2 aliphatic heterocycles. The molecular weight excluding hydrogens is 345 g/mol. The Balaban J connectivity index is 1.66. The minimum atomic E-state index is -0.492. The van der Waals surface area contributed by atoms with Crippen LogP contribution < -0.4 is 5.32 Å². The van der Waals surface area contributed by atoms with Crippen molar-refractivity contribution < 1.29 is 9.18 Å². The van der Waals surface area contributed by atoms with Crippen molar-refractivity contribution in [2.24, 2.45) is 0 Å². The summed E-state index contributed by atoms with van der Waals surface area (Å²) < 4.78 is 14.9. The zero-order chi connectivity index (χ0) is 17.6. The van der Waals surface area contributed by atoms with Crippen molar-refractivity contribution in [3.05, 3.63) is 40.4 Å². The van der Waals surface area contributed by atoms with Gasteiger partial charge in [0.25, 0.3) is 5.91 Å². The largest absolute Gasteiger partial charge is 0.330 e. The summed E-state index contributed by atoms with van der Waals surface area (Å²) in [7, 11) is 0. The highest BCUT2D eigenvalue weighted by Crippen LogP contribution is 2.30. The lowest BCUT2D eigenvalue weighted by Crippen LogP contribution is -2.43. The molecule has 2 aliphatic rings. The average molecular weight is 364 g/mol. The van der Waals surface area contributed by atoms with Crippen LogP contribution in [0.3, 0.4) is 0 Å². The van der Waals surface area contributed by atoms with Crippen molar-refractivity contribution in [2.45, 2.75) is 38.3 Å². The lowest BCUT2D eigenvalue weighted by molar-refractivity contribution is 0.0673. The molecule has 0 aliphatic carbocycles. The summed E-state index contributed by atoms with van der Waals surface area (Å²) in [4.78, 5) is 15.1. The highest BCUT2D eigenvalue weighted by Gasteiger charge is 2.39. The molecule has 8 heteroatoms. The summed E-state index contributed by atoms with van der Waals surface area (Å²) >= 11 is 5.85. The number of aromatic nitrogens is 3. The first-order chi connectivity index (χ1) is 12.1. The minimum absolute atomic E-state index is 0.0110. The van der Waals surface area contributed by atoms with Gasteiger partial charge in [0.1, 0.15) is 5.82 Å². The van der Waals surface area contributed by atoms with Gasteiger partial charge >= 0.3 is 0 Å². The third-order valence-electron chi connectivity index (χ3n) is 5.13. The number of amides is 1. The number of hydrogen-bond acceptors (Lipinski definition) is 4. The van der Waals surface area contributed by atoms with E-state index in [4.69, 9.17) is 11.6 Å². The normalized spacial score (nSPS) is 22.9. The van der Waals surface area contributed by atoms with Crippen molar-refractivity contribution >= 4 is 17.5 Å². The van der Waals surface area contributed by atoms with E-state index in [0.717, 1.165) is 32.4 Å². The number of fused-ring (bicyclic) bond motifs is 2. The fraction of sp³-hybridized carbons (Fsp3) is 0.471. The maximum atomic E-state index is 13.4. The van der Waals surface area contributed by atoms with Gasteiger partial charge in [-0.25, -0.2) is 9.07 Å². The number of carbonyl (C=O) groups is 1. The lowest BCUT2D eigenvalue weighted by Gasteiger charge is -2.27. The Kier molecular flexibility index (Phi) is 4.21. The Bertz CT molecular complexity index is 809. The van der Waals surface area contributed by atoms with Crippen molar-refractivity contribution in [1.29, 1.82) is 0 Å².